The summed E-state index contributed by atoms with van der Waals surface area (Å²) in [5.41, 5.74) is 3.69. The number of aromatic carboxylic acids is 1. The van der Waals surface area contributed by atoms with Gasteiger partial charge < -0.3 is 18.9 Å². The molecule has 7 nitrogen and oxygen atoms in total. The minimum absolute atomic E-state index is 0.197. The Morgan fingerprint density at radius 2 is 1.83 bits per heavy atom. The first-order chi connectivity index (χ1) is 17.5. The number of hydrogen-bond acceptors (Lipinski definition) is 6. The van der Waals surface area contributed by atoms with Crippen LogP contribution in [0.2, 0.25) is 10.0 Å². The molecule has 0 atom stereocenters. The summed E-state index contributed by atoms with van der Waals surface area (Å²) in [6, 6.07) is 10.7. The quantitative estimate of drug-likeness (QED) is 0.283. The first kappa shape index (κ1) is 23.1. The minimum atomic E-state index is -0.980. The van der Waals surface area contributed by atoms with Gasteiger partial charge in [0, 0.05) is 30.1 Å². The van der Waals surface area contributed by atoms with Crippen LogP contribution in [0.1, 0.15) is 53.3 Å². The molecule has 3 heterocycles. The molecule has 0 amide bonds. The Morgan fingerprint density at radius 1 is 1.08 bits per heavy atom. The summed E-state index contributed by atoms with van der Waals surface area (Å²) >= 11 is 13.0. The van der Waals surface area contributed by atoms with E-state index in [0.29, 0.717) is 50.3 Å². The van der Waals surface area contributed by atoms with Crippen LogP contribution in [0.3, 0.4) is 0 Å². The van der Waals surface area contributed by atoms with Gasteiger partial charge in [0.15, 0.2) is 5.58 Å². The molecule has 0 spiro atoms. The first-order valence-electron chi connectivity index (χ1n) is 12.0. The number of fused-ring (bicyclic) bond motifs is 1. The van der Waals surface area contributed by atoms with Crippen molar-refractivity contribution in [2.75, 3.05) is 18.0 Å². The van der Waals surface area contributed by atoms with Crippen molar-refractivity contribution in [3.8, 4) is 11.3 Å². The highest BCUT2D eigenvalue weighted by molar-refractivity contribution is 6.39. The van der Waals surface area contributed by atoms with Gasteiger partial charge in [-0.2, -0.15) is 4.98 Å². The SMILES string of the molecule is O=C(O)c1ccc2oc(N3CCC(/C=C/c4c(-c5c(Cl)cccc5Cl)noc4C4CC4)CC3)nc2c1. The third-order valence-corrected chi connectivity index (χ3v) is 7.50. The number of carboxylic acid groups (broad SMARTS) is 1. The normalized spacial score (nSPS) is 16.9. The van der Waals surface area contributed by atoms with Crippen LogP contribution in [0.5, 0.6) is 0 Å². The lowest BCUT2D eigenvalue weighted by Gasteiger charge is -2.29. The van der Waals surface area contributed by atoms with Gasteiger partial charge in [0.2, 0.25) is 0 Å². The second-order valence-electron chi connectivity index (χ2n) is 9.35. The van der Waals surface area contributed by atoms with Gasteiger partial charge in [-0.05, 0) is 61.9 Å². The average molecular weight is 524 g/mol. The van der Waals surface area contributed by atoms with Crippen molar-refractivity contribution < 1.29 is 18.8 Å². The smallest absolute Gasteiger partial charge is 0.335 e. The van der Waals surface area contributed by atoms with Crippen molar-refractivity contribution in [2.24, 2.45) is 5.92 Å². The molecule has 6 rings (SSSR count). The van der Waals surface area contributed by atoms with E-state index in [1.54, 1.807) is 12.1 Å². The predicted molar refractivity (Wildman–Crippen MR) is 139 cm³/mol. The van der Waals surface area contributed by atoms with Gasteiger partial charge in [0.05, 0.1) is 15.6 Å². The molecule has 4 aromatic rings. The van der Waals surface area contributed by atoms with E-state index >= 15 is 0 Å². The van der Waals surface area contributed by atoms with E-state index in [1.165, 1.54) is 6.07 Å². The molecule has 0 radical (unpaired) electrons. The predicted octanol–water partition coefficient (Wildman–Crippen LogP) is 7.30. The lowest BCUT2D eigenvalue weighted by molar-refractivity contribution is 0.0697. The molecule has 2 aromatic carbocycles. The third kappa shape index (κ3) is 4.38. The van der Waals surface area contributed by atoms with Crippen molar-refractivity contribution in [1.82, 2.24) is 10.1 Å². The van der Waals surface area contributed by atoms with Crippen LogP contribution in [0.15, 0.2) is 51.4 Å². The molecular formula is C27H23Cl2N3O4. The second kappa shape index (κ2) is 9.30. The van der Waals surface area contributed by atoms with Crippen LogP contribution in [-0.2, 0) is 0 Å². The van der Waals surface area contributed by atoms with Gasteiger partial charge in [0.25, 0.3) is 6.01 Å². The molecule has 9 heteroatoms. The average Bonchev–Trinajstić information content (AvgIpc) is 3.49. The Labute approximate surface area is 217 Å². The fraction of sp³-hybridized carbons (Fsp3) is 0.296. The molecule has 2 aromatic heterocycles. The molecule has 184 valence electrons. The maximum Gasteiger partial charge on any atom is 0.335 e. The van der Waals surface area contributed by atoms with E-state index in [4.69, 9.17) is 32.1 Å². The number of allylic oxidation sites excluding steroid dienone is 1. The number of rotatable bonds is 6. The maximum atomic E-state index is 11.2. The standard InChI is InChI=1S/C27H23Cl2N3O4/c28-19-2-1-3-20(29)23(19)24-18(25(36-31-24)16-5-6-16)8-4-15-10-12-32(13-11-15)27-30-21-14-17(26(33)34)7-9-22(21)35-27/h1-4,7-9,14-16H,5-6,10-13H2,(H,33,34)/b8-4+. The number of piperidine rings is 1. The van der Waals surface area contributed by atoms with E-state index in [9.17, 15) is 9.90 Å². The van der Waals surface area contributed by atoms with Crippen LogP contribution in [0, 0.1) is 5.92 Å². The molecule has 0 unspecified atom stereocenters. The number of benzene rings is 2. The molecular weight excluding hydrogens is 501 g/mol. The number of nitrogens with zero attached hydrogens (tertiary/aromatic N) is 3. The molecule has 1 aliphatic heterocycles. The molecule has 1 aliphatic carbocycles. The monoisotopic (exact) mass is 523 g/mol. The zero-order valence-corrected chi connectivity index (χ0v) is 20.8. The molecule has 0 bridgehead atoms. The van der Waals surface area contributed by atoms with Crippen LogP contribution < -0.4 is 4.90 Å². The molecule has 1 saturated carbocycles. The van der Waals surface area contributed by atoms with Gasteiger partial charge in [-0.1, -0.05) is 46.6 Å². The molecule has 2 fully saturated rings. The zero-order chi connectivity index (χ0) is 24.8. The summed E-state index contributed by atoms with van der Waals surface area (Å²) in [6.45, 7) is 1.58. The molecule has 1 N–H and O–H groups in total. The zero-order valence-electron chi connectivity index (χ0n) is 19.3. The van der Waals surface area contributed by atoms with Gasteiger partial charge in [-0.25, -0.2) is 4.79 Å². The summed E-state index contributed by atoms with van der Waals surface area (Å²) < 4.78 is 11.7. The molecule has 36 heavy (non-hydrogen) atoms. The van der Waals surface area contributed by atoms with Gasteiger partial charge in [-0.15, -0.1) is 0 Å². The summed E-state index contributed by atoms with van der Waals surface area (Å²) in [5, 5.41) is 14.7. The van der Waals surface area contributed by atoms with E-state index in [2.05, 4.69) is 27.2 Å². The summed E-state index contributed by atoms with van der Waals surface area (Å²) in [6.07, 6.45) is 8.41. The second-order valence-corrected chi connectivity index (χ2v) is 10.2. The Bertz CT molecular complexity index is 1460. The third-order valence-electron chi connectivity index (χ3n) is 6.87. The van der Waals surface area contributed by atoms with Crippen molar-refractivity contribution >= 4 is 52.4 Å². The number of halogens is 2. The number of hydrogen-bond donors (Lipinski definition) is 1. The summed E-state index contributed by atoms with van der Waals surface area (Å²) in [5.74, 6) is 0.698. The summed E-state index contributed by atoms with van der Waals surface area (Å²) in [7, 11) is 0. The topological polar surface area (TPSA) is 92.6 Å². The maximum absolute atomic E-state index is 11.2. The van der Waals surface area contributed by atoms with E-state index < -0.39 is 5.97 Å². The number of anilines is 1. The van der Waals surface area contributed by atoms with Crippen LogP contribution in [0.25, 0.3) is 28.4 Å². The van der Waals surface area contributed by atoms with E-state index in [1.807, 2.05) is 18.2 Å². The Morgan fingerprint density at radius 3 is 2.53 bits per heavy atom. The van der Waals surface area contributed by atoms with Crippen LogP contribution >= 0.6 is 23.2 Å². The highest BCUT2D eigenvalue weighted by atomic mass is 35.5. The Balaban J connectivity index is 1.19. The Hall–Kier alpha value is -3.29. The number of oxazole rings is 1. The van der Waals surface area contributed by atoms with Gasteiger partial charge in [-0.3, -0.25) is 0 Å². The molecule has 1 saturated heterocycles. The highest BCUT2D eigenvalue weighted by Crippen LogP contribution is 2.46. The first-order valence-corrected chi connectivity index (χ1v) is 12.7. The van der Waals surface area contributed by atoms with Gasteiger partial charge in [0.1, 0.15) is 17.0 Å². The fourth-order valence-electron chi connectivity index (χ4n) is 4.71. The van der Waals surface area contributed by atoms with Crippen LogP contribution in [-0.4, -0.2) is 34.3 Å². The molecule has 2 aliphatic rings. The van der Waals surface area contributed by atoms with E-state index in [-0.39, 0.29) is 5.56 Å². The minimum Gasteiger partial charge on any atom is -0.478 e. The lowest BCUT2D eigenvalue weighted by Crippen LogP contribution is -2.33. The summed E-state index contributed by atoms with van der Waals surface area (Å²) in [4.78, 5) is 17.9. The fourth-order valence-corrected chi connectivity index (χ4v) is 5.29. The van der Waals surface area contributed by atoms with Crippen molar-refractivity contribution in [1.29, 1.82) is 0 Å². The van der Waals surface area contributed by atoms with Crippen molar-refractivity contribution in [2.45, 2.75) is 31.6 Å². The highest BCUT2D eigenvalue weighted by Gasteiger charge is 2.33. The Kier molecular flexibility index (Phi) is 5.97. The van der Waals surface area contributed by atoms with Crippen molar-refractivity contribution in [3.63, 3.8) is 0 Å². The number of carboxylic acids is 1. The lowest BCUT2D eigenvalue weighted by atomic mass is 9.94. The largest absolute Gasteiger partial charge is 0.478 e. The number of carbonyl (C=O) groups is 1. The van der Waals surface area contributed by atoms with Crippen molar-refractivity contribution in [3.05, 3.63) is 69.4 Å². The van der Waals surface area contributed by atoms with Gasteiger partial charge >= 0.3 is 5.97 Å². The number of aromatic nitrogens is 2. The van der Waals surface area contributed by atoms with Crippen LogP contribution in [0.4, 0.5) is 6.01 Å². The van der Waals surface area contributed by atoms with E-state index in [0.717, 1.165) is 50.1 Å².